The number of nitrogen functional groups attached to an aromatic ring is 2. The summed E-state index contributed by atoms with van der Waals surface area (Å²) in [6, 6.07) is 19.3. The SMILES string of the molecule is Nc1ccccc1OC(=O)c1cccc(C(=O)Oc2ccccc2N)c1. The third-order valence-electron chi connectivity index (χ3n) is 3.58. The monoisotopic (exact) mass is 348 g/mol. The lowest BCUT2D eigenvalue weighted by molar-refractivity contribution is 0.0735. The minimum Gasteiger partial charge on any atom is -0.421 e. The summed E-state index contributed by atoms with van der Waals surface area (Å²) in [5.41, 5.74) is 12.6. The van der Waals surface area contributed by atoms with Crippen molar-refractivity contribution in [1.29, 1.82) is 0 Å². The topological polar surface area (TPSA) is 105 Å². The molecule has 0 amide bonds. The van der Waals surface area contributed by atoms with E-state index in [4.69, 9.17) is 20.9 Å². The Morgan fingerprint density at radius 2 is 1.04 bits per heavy atom. The van der Waals surface area contributed by atoms with E-state index in [-0.39, 0.29) is 22.6 Å². The van der Waals surface area contributed by atoms with Crippen LogP contribution in [-0.4, -0.2) is 11.9 Å². The molecule has 0 aliphatic carbocycles. The minimum atomic E-state index is -0.628. The Balaban J connectivity index is 1.77. The molecule has 4 N–H and O–H groups in total. The van der Waals surface area contributed by atoms with Crippen LogP contribution in [0.25, 0.3) is 0 Å². The molecule has 0 unspecified atom stereocenters. The number of para-hydroxylation sites is 4. The summed E-state index contributed by atoms with van der Waals surface area (Å²) in [5, 5.41) is 0. The van der Waals surface area contributed by atoms with Gasteiger partial charge in [-0.25, -0.2) is 9.59 Å². The lowest BCUT2D eigenvalue weighted by atomic mass is 10.1. The molecule has 0 atom stereocenters. The van der Waals surface area contributed by atoms with Crippen molar-refractivity contribution in [2.24, 2.45) is 0 Å². The summed E-state index contributed by atoms with van der Waals surface area (Å²) in [4.78, 5) is 24.6. The molecule has 6 heteroatoms. The van der Waals surface area contributed by atoms with E-state index in [2.05, 4.69) is 0 Å². The molecule has 0 radical (unpaired) electrons. The molecule has 0 spiro atoms. The van der Waals surface area contributed by atoms with Gasteiger partial charge in [-0.2, -0.15) is 0 Å². The van der Waals surface area contributed by atoms with Crippen LogP contribution in [0, 0.1) is 0 Å². The predicted molar refractivity (Wildman–Crippen MR) is 98.1 cm³/mol. The van der Waals surface area contributed by atoms with Crippen molar-refractivity contribution in [1.82, 2.24) is 0 Å². The number of ether oxygens (including phenoxy) is 2. The van der Waals surface area contributed by atoms with Crippen LogP contribution in [-0.2, 0) is 0 Å². The zero-order valence-electron chi connectivity index (χ0n) is 13.7. The zero-order valence-corrected chi connectivity index (χ0v) is 13.7. The van der Waals surface area contributed by atoms with Crippen molar-refractivity contribution in [3.63, 3.8) is 0 Å². The van der Waals surface area contributed by atoms with Gasteiger partial charge in [-0.05, 0) is 42.5 Å². The molecule has 6 nitrogen and oxygen atoms in total. The van der Waals surface area contributed by atoms with Gasteiger partial charge in [0.25, 0.3) is 0 Å². The average Bonchev–Trinajstić information content (AvgIpc) is 2.65. The van der Waals surface area contributed by atoms with E-state index < -0.39 is 11.9 Å². The van der Waals surface area contributed by atoms with E-state index in [9.17, 15) is 9.59 Å². The van der Waals surface area contributed by atoms with Crippen LogP contribution in [0.2, 0.25) is 0 Å². The third-order valence-corrected chi connectivity index (χ3v) is 3.58. The number of esters is 2. The normalized spacial score (nSPS) is 10.2. The number of rotatable bonds is 4. The Morgan fingerprint density at radius 1 is 0.615 bits per heavy atom. The number of benzene rings is 3. The molecule has 130 valence electrons. The Bertz CT molecular complexity index is 895. The fraction of sp³-hybridized carbons (Fsp3) is 0. The molecule has 0 fully saturated rings. The van der Waals surface area contributed by atoms with E-state index in [0.717, 1.165) is 0 Å². The zero-order chi connectivity index (χ0) is 18.5. The second-order valence-electron chi connectivity index (χ2n) is 5.44. The van der Waals surface area contributed by atoms with E-state index in [1.54, 1.807) is 54.6 Å². The molecule has 3 rings (SSSR count). The molecule has 0 aromatic heterocycles. The molecule has 3 aromatic carbocycles. The van der Waals surface area contributed by atoms with E-state index >= 15 is 0 Å². The Morgan fingerprint density at radius 3 is 1.46 bits per heavy atom. The van der Waals surface area contributed by atoms with Crippen molar-refractivity contribution >= 4 is 23.3 Å². The summed E-state index contributed by atoms with van der Waals surface area (Å²) in [6.07, 6.45) is 0. The number of hydrogen-bond donors (Lipinski definition) is 2. The molecule has 3 aromatic rings. The Labute approximate surface area is 150 Å². The number of nitrogens with two attached hydrogens (primary N) is 2. The fourth-order valence-electron chi connectivity index (χ4n) is 2.24. The smallest absolute Gasteiger partial charge is 0.343 e. The van der Waals surface area contributed by atoms with Crippen LogP contribution in [0.4, 0.5) is 11.4 Å². The van der Waals surface area contributed by atoms with Crippen molar-refractivity contribution in [3.8, 4) is 11.5 Å². The van der Waals surface area contributed by atoms with Gasteiger partial charge < -0.3 is 20.9 Å². The number of carbonyl (C=O) groups excluding carboxylic acids is 2. The first-order chi connectivity index (χ1) is 12.5. The van der Waals surface area contributed by atoms with Crippen molar-refractivity contribution < 1.29 is 19.1 Å². The molecule has 0 aliphatic heterocycles. The van der Waals surface area contributed by atoms with Gasteiger partial charge in [-0.15, -0.1) is 0 Å². The highest BCUT2D eigenvalue weighted by molar-refractivity contribution is 5.97. The maximum Gasteiger partial charge on any atom is 0.343 e. The van der Waals surface area contributed by atoms with E-state index in [0.29, 0.717) is 11.4 Å². The first kappa shape index (κ1) is 17.0. The maximum atomic E-state index is 12.3. The molecule has 0 bridgehead atoms. The quantitative estimate of drug-likeness (QED) is 0.426. The largest absolute Gasteiger partial charge is 0.421 e. The summed E-state index contributed by atoms with van der Waals surface area (Å²) in [5.74, 6) is -0.751. The van der Waals surface area contributed by atoms with Crippen LogP contribution in [0.1, 0.15) is 20.7 Å². The highest BCUT2D eigenvalue weighted by atomic mass is 16.5. The fourth-order valence-corrected chi connectivity index (χ4v) is 2.24. The lowest BCUT2D eigenvalue weighted by Gasteiger charge is -2.09. The van der Waals surface area contributed by atoms with Gasteiger partial charge in [0, 0.05) is 0 Å². The van der Waals surface area contributed by atoms with Crippen LogP contribution >= 0.6 is 0 Å². The molecule has 0 saturated carbocycles. The number of anilines is 2. The van der Waals surface area contributed by atoms with Gasteiger partial charge in [0.15, 0.2) is 11.5 Å². The highest BCUT2D eigenvalue weighted by Gasteiger charge is 2.15. The molecule has 0 aliphatic rings. The van der Waals surface area contributed by atoms with Gasteiger partial charge in [-0.3, -0.25) is 0 Å². The first-order valence-corrected chi connectivity index (χ1v) is 7.78. The maximum absolute atomic E-state index is 12.3. The van der Waals surface area contributed by atoms with Crippen LogP contribution in [0.15, 0.2) is 72.8 Å². The van der Waals surface area contributed by atoms with Crippen molar-refractivity contribution in [2.75, 3.05) is 11.5 Å². The lowest BCUT2D eigenvalue weighted by Crippen LogP contribution is -2.13. The Hall–Kier alpha value is -3.80. The van der Waals surface area contributed by atoms with Crippen LogP contribution in [0.3, 0.4) is 0 Å². The van der Waals surface area contributed by atoms with Crippen molar-refractivity contribution in [2.45, 2.75) is 0 Å². The van der Waals surface area contributed by atoms with Gasteiger partial charge in [0.1, 0.15) is 0 Å². The van der Waals surface area contributed by atoms with Gasteiger partial charge in [0.05, 0.1) is 22.5 Å². The van der Waals surface area contributed by atoms with Gasteiger partial charge >= 0.3 is 11.9 Å². The molecule has 26 heavy (non-hydrogen) atoms. The minimum absolute atomic E-state index is 0.198. The highest BCUT2D eigenvalue weighted by Crippen LogP contribution is 2.23. The predicted octanol–water partition coefficient (Wildman–Crippen LogP) is 3.29. The second kappa shape index (κ2) is 7.40. The summed E-state index contributed by atoms with van der Waals surface area (Å²) in [7, 11) is 0. The third kappa shape index (κ3) is 3.81. The van der Waals surface area contributed by atoms with Crippen LogP contribution in [0.5, 0.6) is 11.5 Å². The molecule has 0 saturated heterocycles. The first-order valence-electron chi connectivity index (χ1n) is 7.78. The van der Waals surface area contributed by atoms with E-state index in [1.807, 2.05) is 0 Å². The molecule has 0 heterocycles. The summed E-state index contributed by atoms with van der Waals surface area (Å²) >= 11 is 0. The standard InChI is InChI=1S/C20H16N2O4/c21-15-8-1-3-10-17(15)25-19(23)13-6-5-7-14(12-13)20(24)26-18-11-4-2-9-16(18)22/h1-12H,21-22H2. The van der Waals surface area contributed by atoms with Gasteiger partial charge in [0.2, 0.25) is 0 Å². The Kier molecular flexibility index (Phi) is 4.85. The van der Waals surface area contributed by atoms with E-state index in [1.165, 1.54) is 18.2 Å². The van der Waals surface area contributed by atoms with Gasteiger partial charge in [-0.1, -0.05) is 30.3 Å². The summed E-state index contributed by atoms with van der Waals surface area (Å²) < 4.78 is 10.5. The second-order valence-corrected chi connectivity index (χ2v) is 5.44. The van der Waals surface area contributed by atoms with Crippen molar-refractivity contribution in [3.05, 3.63) is 83.9 Å². The number of carbonyl (C=O) groups is 2. The molecular formula is C20H16N2O4. The summed E-state index contributed by atoms with van der Waals surface area (Å²) in [6.45, 7) is 0. The number of hydrogen-bond acceptors (Lipinski definition) is 6. The van der Waals surface area contributed by atoms with Crippen LogP contribution < -0.4 is 20.9 Å². The molecular weight excluding hydrogens is 332 g/mol. The average molecular weight is 348 g/mol.